The molecule has 0 radical (unpaired) electrons. The Morgan fingerprint density at radius 1 is 1.27 bits per heavy atom. The van der Waals surface area contributed by atoms with Gasteiger partial charge in [-0.2, -0.15) is 0 Å². The summed E-state index contributed by atoms with van der Waals surface area (Å²) in [5, 5.41) is 0.807. The van der Waals surface area contributed by atoms with Crippen molar-refractivity contribution in [2.75, 3.05) is 11.4 Å². The molecule has 0 saturated carbocycles. The van der Waals surface area contributed by atoms with Crippen LogP contribution in [0.3, 0.4) is 0 Å². The smallest absolute Gasteiger partial charge is 0.228 e. The Morgan fingerprint density at radius 3 is 2.53 bits per heavy atom. The van der Waals surface area contributed by atoms with Crippen LogP contribution in [0.2, 0.25) is 10.0 Å². The highest BCUT2D eigenvalue weighted by Gasteiger charge is 2.29. The highest BCUT2D eigenvalue weighted by molar-refractivity contribution is 6.42. The lowest BCUT2D eigenvalue weighted by atomic mass is 10.3. The molecule has 15 heavy (non-hydrogen) atoms. The van der Waals surface area contributed by atoms with Crippen molar-refractivity contribution >= 4 is 46.4 Å². The van der Waals surface area contributed by atoms with Crippen LogP contribution in [-0.4, -0.2) is 17.8 Å². The number of carbonyl (C=O) groups excluding carboxylic acids is 1. The number of rotatable bonds is 1. The zero-order valence-corrected chi connectivity index (χ0v) is 9.98. The Morgan fingerprint density at radius 2 is 2.00 bits per heavy atom. The van der Waals surface area contributed by atoms with Crippen molar-refractivity contribution in [3.05, 3.63) is 28.2 Å². The molecule has 1 amide bonds. The standard InChI is InChI=1S/C10H8Cl3NO/c11-6-3-10(15)14(5-6)7-1-2-8(12)9(13)4-7/h1-2,4,6H,3,5H2. The first-order valence-corrected chi connectivity index (χ1v) is 5.66. The van der Waals surface area contributed by atoms with Crippen LogP contribution in [0.5, 0.6) is 0 Å². The second-order valence-corrected chi connectivity index (χ2v) is 4.84. The predicted molar refractivity (Wildman–Crippen MR) is 63.1 cm³/mol. The molecule has 2 rings (SSSR count). The van der Waals surface area contributed by atoms with E-state index in [2.05, 4.69) is 0 Å². The SMILES string of the molecule is O=C1CC(Cl)CN1c1ccc(Cl)c(Cl)c1. The van der Waals surface area contributed by atoms with Gasteiger partial charge in [-0.05, 0) is 18.2 Å². The van der Waals surface area contributed by atoms with Crippen molar-refractivity contribution in [3.8, 4) is 0 Å². The summed E-state index contributed by atoms with van der Waals surface area (Å²) < 4.78 is 0. The van der Waals surface area contributed by atoms with Gasteiger partial charge in [0.15, 0.2) is 0 Å². The zero-order valence-electron chi connectivity index (χ0n) is 7.71. The van der Waals surface area contributed by atoms with Gasteiger partial charge in [-0.15, -0.1) is 11.6 Å². The van der Waals surface area contributed by atoms with E-state index in [0.717, 1.165) is 5.69 Å². The number of carbonyl (C=O) groups is 1. The summed E-state index contributed by atoms with van der Waals surface area (Å²) in [6.07, 6.45) is 0.377. The topological polar surface area (TPSA) is 20.3 Å². The van der Waals surface area contributed by atoms with Gasteiger partial charge < -0.3 is 4.90 Å². The number of anilines is 1. The molecule has 0 aliphatic carbocycles. The van der Waals surface area contributed by atoms with Gasteiger partial charge in [0.2, 0.25) is 5.91 Å². The molecule has 0 aromatic heterocycles. The van der Waals surface area contributed by atoms with Gasteiger partial charge in [0, 0.05) is 18.7 Å². The molecule has 1 saturated heterocycles. The van der Waals surface area contributed by atoms with E-state index in [0.29, 0.717) is 23.0 Å². The largest absolute Gasteiger partial charge is 0.311 e. The summed E-state index contributed by atoms with van der Waals surface area (Å²) in [5.41, 5.74) is 0.748. The molecular weight excluding hydrogens is 256 g/mol. The van der Waals surface area contributed by atoms with Crippen LogP contribution in [0.4, 0.5) is 5.69 Å². The Kier molecular flexibility index (Phi) is 3.10. The lowest BCUT2D eigenvalue weighted by Crippen LogP contribution is -2.24. The molecule has 1 aromatic rings. The maximum atomic E-state index is 11.5. The molecule has 1 fully saturated rings. The number of halogens is 3. The molecule has 1 aliphatic heterocycles. The van der Waals surface area contributed by atoms with E-state index in [1.54, 1.807) is 23.1 Å². The summed E-state index contributed by atoms with van der Waals surface area (Å²) in [6, 6.07) is 5.12. The van der Waals surface area contributed by atoms with Crippen molar-refractivity contribution < 1.29 is 4.79 Å². The van der Waals surface area contributed by atoms with Gasteiger partial charge in [0.1, 0.15) is 0 Å². The van der Waals surface area contributed by atoms with Crippen LogP contribution in [0, 0.1) is 0 Å². The fraction of sp³-hybridized carbons (Fsp3) is 0.300. The molecule has 1 aromatic carbocycles. The minimum Gasteiger partial charge on any atom is -0.311 e. The Balaban J connectivity index is 2.30. The second-order valence-electron chi connectivity index (χ2n) is 3.40. The predicted octanol–water partition coefficient (Wildman–Crippen LogP) is 3.34. The highest BCUT2D eigenvalue weighted by atomic mass is 35.5. The molecule has 0 spiro atoms. The highest BCUT2D eigenvalue weighted by Crippen LogP contribution is 2.30. The van der Waals surface area contributed by atoms with E-state index in [-0.39, 0.29) is 11.3 Å². The summed E-state index contributed by atoms with van der Waals surface area (Å²) in [6.45, 7) is 0.526. The Hall–Kier alpha value is -0.440. The molecular formula is C10H8Cl3NO. The number of hydrogen-bond acceptors (Lipinski definition) is 1. The van der Waals surface area contributed by atoms with E-state index in [4.69, 9.17) is 34.8 Å². The minimum absolute atomic E-state index is 0.0217. The van der Waals surface area contributed by atoms with Crippen molar-refractivity contribution in [1.82, 2.24) is 0 Å². The molecule has 1 heterocycles. The normalized spacial score (nSPS) is 21.1. The van der Waals surface area contributed by atoms with Crippen LogP contribution < -0.4 is 4.90 Å². The van der Waals surface area contributed by atoms with E-state index in [9.17, 15) is 4.79 Å². The quantitative estimate of drug-likeness (QED) is 0.713. The molecule has 1 atom stereocenters. The number of benzene rings is 1. The first-order valence-electron chi connectivity index (χ1n) is 4.47. The molecule has 1 unspecified atom stereocenters. The van der Waals surface area contributed by atoms with Crippen molar-refractivity contribution in [3.63, 3.8) is 0 Å². The van der Waals surface area contributed by atoms with Crippen molar-refractivity contribution in [2.45, 2.75) is 11.8 Å². The number of amides is 1. The Bertz CT molecular complexity index is 408. The summed E-state index contributed by atoms with van der Waals surface area (Å²) in [7, 11) is 0. The van der Waals surface area contributed by atoms with Gasteiger partial charge in [-0.1, -0.05) is 23.2 Å². The summed E-state index contributed by atoms with van der Waals surface area (Å²) in [5.74, 6) is 0.0217. The first kappa shape index (κ1) is 11.1. The van der Waals surface area contributed by atoms with Crippen LogP contribution >= 0.6 is 34.8 Å². The molecule has 0 bridgehead atoms. The van der Waals surface area contributed by atoms with E-state index >= 15 is 0 Å². The number of alkyl halides is 1. The van der Waals surface area contributed by atoms with E-state index < -0.39 is 0 Å². The number of nitrogens with zero attached hydrogens (tertiary/aromatic N) is 1. The third kappa shape index (κ3) is 2.22. The van der Waals surface area contributed by atoms with E-state index in [1.807, 2.05) is 0 Å². The molecule has 5 heteroatoms. The van der Waals surface area contributed by atoms with Crippen molar-refractivity contribution in [1.29, 1.82) is 0 Å². The van der Waals surface area contributed by atoms with Crippen molar-refractivity contribution in [2.24, 2.45) is 0 Å². The monoisotopic (exact) mass is 263 g/mol. The Labute approximate surface area is 103 Å². The first-order chi connectivity index (χ1) is 7.08. The van der Waals surface area contributed by atoms with Gasteiger partial charge in [0.05, 0.1) is 15.4 Å². The maximum absolute atomic E-state index is 11.5. The second kappa shape index (κ2) is 4.20. The molecule has 80 valence electrons. The molecule has 0 N–H and O–H groups in total. The maximum Gasteiger partial charge on any atom is 0.228 e. The molecule has 1 aliphatic rings. The summed E-state index contributed by atoms with van der Waals surface area (Å²) >= 11 is 17.6. The lowest BCUT2D eigenvalue weighted by molar-refractivity contribution is -0.117. The van der Waals surface area contributed by atoms with E-state index in [1.165, 1.54) is 0 Å². The minimum atomic E-state index is -0.119. The molecule has 2 nitrogen and oxygen atoms in total. The average Bonchev–Trinajstić information content (AvgIpc) is 2.50. The fourth-order valence-corrected chi connectivity index (χ4v) is 2.13. The van der Waals surface area contributed by atoms with Gasteiger partial charge in [-0.3, -0.25) is 4.79 Å². The average molecular weight is 265 g/mol. The lowest BCUT2D eigenvalue weighted by Gasteiger charge is -2.16. The number of hydrogen-bond donors (Lipinski definition) is 0. The third-order valence-electron chi connectivity index (χ3n) is 2.29. The summed E-state index contributed by atoms with van der Waals surface area (Å²) in [4.78, 5) is 13.2. The van der Waals surface area contributed by atoms with Crippen LogP contribution in [0.25, 0.3) is 0 Å². The van der Waals surface area contributed by atoms with Gasteiger partial charge in [-0.25, -0.2) is 0 Å². The zero-order chi connectivity index (χ0) is 11.0. The fourth-order valence-electron chi connectivity index (χ4n) is 1.57. The van der Waals surface area contributed by atoms with Crippen LogP contribution in [-0.2, 0) is 4.79 Å². The van der Waals surface area contributed by atoms with Gasteiger partial charge in [0.25, 0.3) is 0 Å². The third-order valence-corrected chi connectivity index (χ3v) is 3.32. The van der Waals surface area contributed by atoms with Gasteiger partial charge >= 0.3 is 0 Å². The van der Waals surface area contributed by atoms with Crippen LogP contribution in [0.1, 0.15) is 6.42 Å². The van der Waals surface area contributed by atoms with Crippen LogP contribution in [0.15, 0.2) is 18.2 Å².